The van der Waals surface area contributed by atoms with Crippen LogP contribution in [-0.4, -0.2) is 30.5 Å². The summed E-state index contributed by atoms with van der Waals surface area (Å²) in [5, 5.41) is 0. The predicted octanol–water partition coefficient (Wildman–Crippen LogP) is -0.501. The van der Waals surface area contributed by atoms with Crippen molar-refractivity contribution >= 4 is 5.91 Å². The molecule has 0 aromatic rings. The van der Waals surface area contributed by atoms with Crippen molar-refractivity contribution in [2.45, 2.75) is 12.8 Å². The Hall–Kier alpha value is -0.610. The smallest absolute Gasteiger partial charge is 0.250 e. The quantitative estimate of drug-likeness (QED) is 0.531. The van der Waals surface area contributed by atoms with Gasteiger partial charge in [-0.2, -0.15) is 0 Å². The first-order valence-corrected chi connectivity index (χ1v) is 3.44. The summed E-state index contributed by atoms with van der Waals surface area (Å²) in [5.41, 5.74) is 0. The van der Waals surface area contributed by atoms with Gasteiger partial charge in [0.2, 0.25) is 0 Å². The molecular weight excluding hydrogens is 132 g/mol. The fourth-order valence-corrected chi connectivity index (χ4v) is 1.13. The van der Waals surface area contributed by atoms with Gasteiger partial charge in [0, 0.05) is 13.1 Å². The van der Waals surface area contributed by atoms with E-state index in [1.807, 2.05) is 0 Å². The van der Waals surface area contributed by atoms with Crippen molar-refractivity contribution in [3.8, 4) is 0 Å². The van der Waals surface area contributed by atoms with Crippen LogP contribution in [-0.2, 0) is 9.63 Å². The van der Waals surface area contributed by atoms with Crippen molar-refractivity contribution in [2.75, 3.05) is 19.7 Å². The summed E-state index contributed by atoms with van der Waals surface area (Å²) in [5.74, 6) is 4.75. The minimum absolute atomic E-state index is 0.000000000000000666. The Labute approximate surface area is 59.9 Å². The number of hydrogen-bond acceptors (Lipinski definition) is 3. The minimum atomic E-state index is 0.000000000000000666. The van der Waals surface area contributed by atoms with E-state index in [1.54, 1.807) is 4.90 Å². The largest absolute Gasteiger partial charge is 0.341 e. The molecule has 0 aliphatic carbocycles. The van der Waals surface area contributed by atoms with Gasteiger partial charge in [-0.1, -0.05) is 0 Å². The number of likely N-dealkylation sites (tertiary alicyclic amines) is 1. The number of rotatable bonds is 2. The molecule has 0 aromatic heterocycles. The maximum atomic E-state index is 11.0. The van der Waals surface area contributed by atoms with E-state index in [0.717, 1.165) is 25.9 Å². The van der Waals surface area contributed by atoms with Crippen LogP contribution < -0.4 is 5.90 Å². The lowest BCUT2D eigenvalue weighted by atomic mass is 10.4. The van der Waals surface area contributed by atoms with Gasteiger partial charge in [-0.25, -0.2) is 5.90 Å². The summed E-state index contributed by atoms with van der Waals surface area (Å²) < 4.78 is 0. The van der Waals surface area contributed by atoms with E-state index < -0.39 is 0 Å². The van der Waals surface area contributed by atoms with Crippen LogP contribution >= 0.6 is 0 Å². The third-order valence-electron chi connectivity index (χ3n) is 1.67. The number of carbonyl (C=O) groups excluding carboxylic acids is 1. The molecule has 0 spiro atoms. The SMILES string of the molecule is NOCC(=O)N1CCCC1. The first kappa shape index (κ1) is 7.50. The molecule has 58 valence electrons. The van der Waals surface area contributed by atoms with Crippen LogP contribution in [0.25, 0.3) is 0 Å². The zero-order valence-electron chi connectivity index (χ0n) is 5.88. The van der Waals surface area contributed by atoms with Gasteiger partial charge in [0.1, 0.15) is 6.61 Å². The standard InChI is InChI=1S/C6H12N2O2/c7-10-5-6(9)8-3-1-2-4-8/h1-5,7H2. The molecule has 1 aliphatic heterocycles. The zero-order valence-corrected chi connectivity index (χ0v) is 5.88. The average molecular weight is 144 g/mol. The molecule has 1 aliphatic rings. The van der Waals surface area contributed by atoms with Crippen LogP contribution in [0.1, 0.15) is 12.8 Å². The number of nitrogens with zero attached hydrogens (tertiary/aromatic N) is 1. The van der Waals surface area contributed by atoms with Crippen LogP contribution in [0.2, 0.25) is 0 Å². The molecule has 0 bridgehead atoms. The number of carbonyl (C=O) groups is 1. The van der Waals surface area contributed by atoms with Crippen molar-refractivity contribution < 1.29 is 9.63 Å². The Kier molecular flexibility index (Phi) is 2.65. The fraction of sp³-hybridized carbons (Fsp3) is 0.833. The summed E-state index contributed by atoms with van der Waals surface area (Å²) in [6, 6.07) is 0. The summed E-state index contributed by atoms with van der Waals surface area (Å²) >= 11 is 0. The Balaban J connectivity index is 2.25. The predicted molar refractivity (Wildman–Crippen MR) is 36.0 cm³/mol. The van der Waals surface area contributed by atoms with E-state index in [2.05, 4.69) is 4.84 Å². The monoisotopic (exact) mass is 144 g/mol. The topological polar surface area (TPSA) is 55.6 Å². The molecule has 1 fully saturated rings. The molecule has 4 heteroatoms. The molecular formula is C6H12N2O2. The number of nitrogens with two attached hydrogens (primary N) is 1. The lowest BCUT2D eigenvalue weighted by Crippen LogP contribution is -2.32. The van der Waals surface area contributed by atoms with Crippen molar-refractivity contribution in [1.82, 2.24) is 4.90 Å². The van der Waals surface area contributed by atoms with E-state index in [9.17, 15) is 4.79 Å². The second kappa shape index (κ2) is 3.53. The molecule has 1 amide bonds. The van der Waals surface area contributed by atoms with Crippen LogP contribution in [0.4, 0.5) is 0 Å². The highest BCUT2D eigenvalue weighted by Crippen LogP contribution is 2.06. The highest BCUT2D eigenvalue weighted by molar-refractivity contribution is 5.77. The summed E-state index contributed by atoms with van der Waals surface area (Å²) in [6.45, 7) is 1.74. The molecule has 0 radical (unpaired) electrons. The molecule has 1 heterocycles. The zero-order chi connectivity index (χ0) is 7.40. The molecule has 4 nitrogen and oxygen atoms in total. The lowest BCUT2D eigenvalue weighted by Gasteiger charge is -2.13. The molecule has 1 rings (SSSR count). The Morgan fingerprint density at radius 1 is 1.50 bits per heavy atom. The van der Waals surface area contributed by atoms with E-state index in [-0.39, 0.29) is 12.5 Å². The summed E-state index contributed by atoms with van der Waals surface area (Å²) in [4.78, 5) is 17.0. The molecule has 2 N–H and O–H groups in total. The third kappa shape index (κ3) is 1.68. The summed E-state index contributed by atoms with van der Waals surface area (Å²) in [6.07, 6.45) is 2.21. The van der Waals surface area contributed by atoms with Crippen molar-refractivity contribution in [3.63, 3.8) is 0 Å². The first-order valence-electron chi connectivity index (χ1n) is 3.44. The van der Waals surface area contributed by atoms with E-state index in [1.165, 1.54) is 0 Å². The summed E-state index contributed by atoms with van der Waals surface area (Å²) in [7, 11) is 0. The lowest BCUT2D eigenvalue weighted by molar-refractivity contribution is -0.135. The van der Waals surface area contributed by atoms with Gasteiger partial charge < -0.3 is 4.90 Å². The second-order valence-electron chi connectivity index (χ2n) is 2.40. The normalized spacial score (nSPS) is 17.9. The van der Waals surface area contributed by atoms with Crippen LogP contribution in [0.3, 0.4) is 0 Å². The average Bonchev–Trinajstić information content (AvgIpc) is 2.38. The number of amides is 1. The van der Waals surface area contributed by atoms with Crippen molar-refractivity contribution in [1.29, 1.82) is 0 Å². The van der Waals surface area contributed by atoms with Gasteiger partial charge in [0.25, 0.3) is 5.91 Å². The highest BCUT2D eigenvalue weighted by Gasteiger charge is 2.16. The molecule has 1 saturated heterocycles. The highest BCUT2D eigenvalue weighted by atomic mass is 16.6. The Bertz CT molecular complexity index is 121. The molecule has 0 unspecified atom stereocenters. The molecule has 0 aromatic carbocycles. The van der Waals surface area contributed by atoms with Gasteiger partial charge in [0.15, 0.2) is 0 Å². The maximum Gasteiger partial charge on any atom is 0.250 e. The second-order valence-corrected chi connectivity index (χ2v) is 2.40. The first-order chi connectivity index (χ1) is 4.84. The van der Waals surface area contributed by atoms with Crippen LogP contribution in [0.5, 0.6) is 0 Å². The van der Waals surface area contributed by atoms with Gasteiger partial charge >= 0.3 is 0 Å². The van der Waals surface area contributed by atoms with E-state index >= 15 is 0 Å². The Morgan fingerprint density at radius 3 is 2.60 bits per heavy atom. The van der Waals surface area contributed by atoms with Gasteiger partial charge in [-0.15, -0.1) is 0 Å². The number of hydrogen-bond donors (Lipinski definition) is 1. The van der Waals surface area contributed by atoms with E-state index in [0.29, 0.717) is 0 Å². The molecule has 0 atom stereocenters. The third-order valence-corrected chi connectivity index (χ3v) is 1.67. The van der Waals surface area contributed by atoms with Gasteiger partial charge in [-0.3, -0.25) is 9.63 Å². The molecule has 0 saturated carbocycles. The fourth-order valence-electron chi connectivity index (χ4n) is 1.13. The maximum absolute atomic E-state index is 11.0. The molecule has 10 heavy (non-hydrogen) atoms. The van der Waals surface area contributed by atoms with Crippen molar-refractivity contribution in [3.05, 3.63) is 0 Å². The van der Waals surface area contributed by atoms with Crippen molar-refractivity contribution in [2.24, 2.45) is 5.90 Å². The Morgan fingerprint density at radius 2 is 2.10 bits per heavy atom. The minimum Gasteiger partial charge on any atom is -0.341 e. The van der Waals surface area contributed by atoms with Crippen LogP contribution in [0.15, 0.2) is 0 Å². The van der Waals surface area contributed by atoms with Gasteiger partial charge in [-0.05, 0) is 12.8 Å². The van der Waals surface area contributed by atoms with Gasteiger partial charge in [0.05, 0.1) is 0 Å². The van der Waals surface area contributed by atoms with Crippen LogP contribution in [0, 0.1) is 0 Å². The van der Waals surface area contributed by atoms with E-state index in [4.69, 9.17) is 5.90 Å².